The number of hydrogen-bond donors (Lipinski definition) is 0. The van der Waals surface area contributed by atoms with E-state index < -0.39 is 11.6 Å². The molecular formula is C12H14O2. The minimum atomic E-state index is -0.416. The Morgan fingerprint density at radius 2 is 1.57 bits per heavy atom. The van der Waals surface area contributed by atoms with E-state index in [2.05, 4.69) is 13.8 Å². The second-order valence-electron chi connectivity index (χ2n) is 3.66. The lowest BCUT2D eigenvalue weighted by atomic mass is 10.00. The van der Waals surface area contributed by atoms with Gasteiger partial charge in [0.2, 0.25) is 5.78 Å². The molecule has 1 aromatic carbocycles. The second-order valence-corrected chi connectivity index (χ2v) is 3.66. The molecule has 0 amide bonds. The predicted octanol–water partition coefficient (Wildman–Crippen LogP) is 2.58. The molecule has 0 bridgehead atoms. The highest BCUT2D eigenvalue weighted by Crippen LogP contribution is 2.14. The Morgan fingerprint density at radius 1 is 1.07 bits per heavy atom. The summed E-state index contributed by atoms with van der Waals surface area (Å²) >= 11 is 0. The molecule has 0 spiro atoms. The molecule has 0 heterocycles. The molecule has 74 valence electrons. The molecule has 0 fully saturated rings. The van der Waals surface area contributed by atoms with E-state index in [0.717, 1.165) is 0 Å². The summed E-state index contributed by atoms with van der Waals surface area (Å²) in [5.41, 5.74) is 1.65. The molecule has 0 atom stereocenters. The van der Waals surface area contributed by atoms with Gasteiger partial charge in [-0.2, -0.15) is 0 Å². The van der Waals surface area contributed by atoms with Crippen molar-refractivity contribution in [2.24, 2.45) is 0 Å². The predicted molar refractivity (Wildman–Crippen MR) is 55.5 cm³/mol. The Morgan fingerprint density at radius 3 is 1.93 bits per heavy atom. The summed E-state index contributed by atoms with van der Waals surface area (Å²) in [7, 11) is 0. The lowest BCUT2D eigenvalue weighted by molar-refractivity contribution is -0.113. The molecule has 0 radical (unpaired) electrons. The maximum atomic E-state index is 11.3. The molecule has 0 saturated heterocycles. The van der Waals surface area contributed by atoms with E-state index in [1.54, 1.807) is 12.1 Å². The molecule has 0 aromatic heterocycles. The lowest BCUT2D eigenvalue weighted by Crippen LogP contribution is -2.09. The van der Waals surface area contributed by atoms with Crippen molar-refractivity contribution < 1.29 is 9.59 Å². The molecule has 0 unspecified atom stereocenters. The van der Waals surface area contributed by atoms with Gasteiger partial charge in [0.1, 0.15) is 0 Å². The SMILES string of the molecule is CC(=O)C(=O)c1ccc(C(C)C)cc1. The average Bonchev–Trinajstić information content (AvgIpc) is 2.16. The van der Waals surface area contributed by atoms with Crippen LogP contribution < -0.4 is 0 Å². The highest BCUT2D eigenvalue weighted by molar-refractivity contribution is 6.42. The molecular weight excluding hydrogens is 176 g/mol. The Kier molecular flexibility index (Phi) is 3.18. The summed E-state index contributed by atoms with van der Waals surface area (Å²) in [6.07, 6.45) is 0. The summed E-state index contributed by atoms with van der Waals surface area (Å²) in [6.45, 7) is 5.46. The maximum absolute atomic E-state index is 11.3. The van der Waals surface area contributed by atoms with Gasteiger partial charge in [-0.3, -0.25) is 9.59 Å². The van der Waals surface area contributed by atoms with Gasteiger partial charge in [-0.15, -0.1) is 0 Å². The molecule has 14 heavy (non-hydrogen) atoms. The van der Waals surface area contributed by atoms with Crippen molar-refractivity contribution in [3.8, 4) is 0 Å². The summed E-state index contributed by atoms with van der Waals surface area (Å²) in [5.74, 6) is -0.390. The number of carbonyl (C=O) groups excluding carboxylic acids is 2. The Hall–Kier alpha value is -1.44. The van der Waals surface area contributed by atoms with Crippen LogP contribution in [0, 0.1) is 0 Å². The van der Waals surface area contributed by atoms with Crippen molar-refractivity contribution in [3.05, 3.63) is 35.4 Å². The first-order valence-electron chi connectivity index (χ1n) is 4.67. The van der Waals surface area contributed by atoms with Crippen LogP contribution in [0.15, 0.2) is 24.3 Å². The zero-order chi connectivity index (χ0) is 10.7. The van der Waals surface area contributed by atoms with E-state index in [1.165, 1.54) is 12.5 Å². The van der Waals surface area contributed by atoms with Crippen LogP contribution in [0.3, 0.4) is 0 Å². The van der Waals surface area contributed by atoms with Crippen LogP contribution in [0.4, 0.5) is 0 Å². The fourth-order valence-corrected chi connectivity index (χ4v) is 1.22. The fourth-order valence-electron chi connectivity index (χ4n) is 1.22. The van der Waals surface area contributed by atoms with Crippen molar-refractivity contribution >= 4 is 11.6 Å². The third-order valence-corrected chi connectivity index (χ3v) is 2.16. The van der Waals surface area contributed by atoms with Crippen molar-refractivity contribution in [1.82, 2.24) is 0 Å². The van der Waals surface area contributed by atoms with E-state index in [0.29, 0.717) is 11.5 Å². The van der Waals surface area contributed by atoms with Gasteiger partial charge in [0.15, 0.2) is 5.78 Å². The molecule has 2 nitrogen and oxygen atoms in total. The van der Waals surface area contributed by atoms with Gasteiger partial charge in [-0.05, 0) is 11.5 Å². The van der Waals surface area contributed by atoms with E-state index in [-0.39, 0.29) is 0 Å². The molecule has 0 saturated carbocycles. The van der Waals surface area contributed by atoms with Gasteiger partial charge < -0.3 is 0 Å². The fraction of sp³-hybridized carbons (Fsp3) is 0.333. The Bertz CT molecular complexity index is 347. The van der Waals surface area contributed by atoms with Crippen LogP contribution >= 0.6 is 0 Å². The number of ketones is 2. The average molecular weight is 190 g/mol. The zero-order valence-electron chi connectivity index (χ0n) is 8.70. The van der Waals surface area contributed by atoms with Gasteiger partial charge in [0, 0.05) is 12.5 Å². The molecule has 0 aliphatic rings. The zero-order valence-corrected chi connectivity index (χ0v) is 8.70. The first kappa shape index (κ1) is 10.6. The van der Waals surface area contributed by atoms with Crippen LogP contribution in [-0.4, -0.2) is 11.6 Å². The summed E-state index contributed by atoms with van der Waals surface area (Å²) < 4.78 is 0. The smallest absolute Gasteiger partial charge is 0.228 e. The van der Waals surface area contributed by atoms with Gasteiger partial charge in [0.05, 0.1) is 0 Å². The highest BCUT2D eigenvalue weighted by Gasteiger charge is 2.10. The molecule has 1 rings (SSSR count). The van der Waals surface area contributed by atoms with Gasteiger partial charge in [-0.1, -0.05) is 38.1 Å². The third kappa shape index (κ3) is 2.28. The van der Waals surface area contributed by atoms with Crippen LogP contribution in [0.25, 0.3) is 0 Å². The monoisotopic (exact) mass is 190 g/mol. The molecule has 0 aliphatic carbocycles. The van der Waals surface area contributed by atoms with E-state index >= 15 is 0 Å². The molecule has 2 heteroatoms. The molecule has 0 N–H and O–H groups in total. The largest absolute Gasteiger partial charge is 0.291 e. The minimum Gasteiger partial charge on any atom is -0.291 e. The third-order valence-electron chi connectivity index (χ3n) is 2.16. The van der Waals surface area contributed by atoms with Gasteiger partial charge in [-0.25, -0.2) is 0 Å². The number of benzene rings is 1. The standard InChI is InChI=1S/C12H14O2/c1-8(2)10-4-6-11(7-5-10)12(14)9(3)13/h4-8H,1-3H3. The van der Waals surface area contributed by atoms with Crippen molar-refractivity contribution in [1.29, 1.82) is 0 Å². The van der Waals surface area contributed by atoms with Crippen molar-refractivity contribution in [2.45, 2.75) is 26.7 Å². The minimum absolute atomic E-state index is 0.415. The molecule has 0 aliphatic heterocycles. The highest BCUT2D eigenvalue weighted by atomic mass is 16.2. The Balaban J connectivity index is 2.94. The topological polar surface area (TPSA) is 34.1 Å². The Labute approximate surface area is 83.9 Å². The number of hydrogen-bond acceptors (Lipinski definition) is 2. The van der Waals surface area contributed by atoms with Crippen molar-refractivity contribution in [2.75, 3.05) is 0 Å². The van der Waals surface area contributed by atoms with Crippen molar-refractivity contribution in [3.63, 3.8) is 0 Å². The quantitative estimate of drug-likeness (QED) is 0.542. The van der Waals surface area contributed by atoms with Crippen LogP contribution in [-0.2, 0) is 4.79 Å². The van der Waals surface area contributed by atoms with Gasteiger partial charge in [0.25, 0.3) is 0 Å². The maximum Gasteiger partial charge on any atom is 0.228 e. The van der Waals surface area contributed by atoms with Crippen LogP contribution in [0.2, 0.25) is 0 Å². The first-order valence-corrected chi connectivity index (χ1v) is 4.67. The number of carbonyl (C=O) groups is 2. The number of rotatable bonds is 3. The first-order chi connectivity index (χ1) is 6.52. The van der Waals surface area contributed by atoms with Crippen LogP contribution in [0.5, 0.6) is 0 Å². The second kappa shape index (κ2) is 4.18. The van der Waals surface area contributed by atoms with Crippen LogP contribution in [0.1, 0.15) is 42.6 Å². The number of Topliss-reactive ketones (excluding diaryl/α,β-unsaturated/α-hetero) is 2. The summed E-state index contributed by atoms with van der Waals surface area (Å²) in [6, 6.07) is 7.19. The van der Waals surface area contributed by atoms with E-state index in [4.69, 9.17) is 0 Å². The van der Waals surface area contributed by atoms with E-state index in [9.17, 15) is 9.59 Å². The normalized spacial score (nSPS) is 10.3. The van der Waals surface area contributed by atoms with Gasteiger partial charge >= 0.3 is 0 Å². The lowest BCUT2D eigenvalue weighted by Gasteiger charge is -2.05. The summed E-state index contributed by atoms with van der Waals surface area (Å²) in [4.78, 5) is 22.1. The summed E-state index contributed by atoms with van der Waals surface area (Å²) in [5, 5.41) is 0. The molecule has 1 aromatic rings. The van der Waals surface area contributed by atoms with E-state index in [1.807, 2.05) is 12.1 Å².